The fourth-order valence-corrected chi connectivity index (χ4v) is 5.84. The average Bonchev–Trinajstić information content (AvgIpc) is 3.08. The Bertz CT molecular complexity index is 662. The van der Waals surface area contributed by atoms with Crippen LogP contribution in [0.25, 0.3) is 0 Å². The first-order chi connectivity index (χ1) is 10.2. The molecule has 1 unspecified atom stereocenters. The molecule has 22 heavy (non-hydrogen) atoms. The first-order valence-electron chi connectivity index (χ1n) is 7.55. The van der Waals surface area contributed by atoms with Gasteiger partial charge < -0.3 is 9.47 Å². The maximum absolute atomic E-state index is 13.3. The third kappa shape index (κ3) is 2.38. The van der Waals surface area contributed by atoms with Gasteiger partial charge in [0.1, 0.15) is 0 Å². The molecule has 0 saturated carbocycles. The first-order valence-corrected chi connectivity index (χ1v) is 8.99. The lowest BCUT2D eigenvalue weighted by Gasteiger charge is -2.33. The highest BCUT2D eigenvalue weighted by Gasteiger charge is 2.47. The maximum atomic E-state index is 13.3. The Labute approximate surface area is 131 Å². The number of nitrogens with zero attached hydrogens (tertiary/aromatic N) is 3. The van der Waals surface area contributed by atoms with Gasteiger partial charge in [0.05, 0.1) is 25.0 Å². The lowest BCUT2D eigenvalue weighted by atomic mass is 10.0. The van der Waals surface area contributed by atoms with E-state index in [4.69, 9.17) is 9.47 Å². The summed E-state index contributed by atoms with van der Waals surface area (Å²) in [6.07, 6.45) is 2.57. The van der Waals surface area contributed by atoms with Crippen LogP contribution in [-0.2, 0) is 26.5 Å². The number of hydrogen-bond acceptors (Lipinski definition) is 5. The Balaban J connectivity index is 2.08. The van der Waals surface area contributed by atoms with Crippen LogP contribution >= 0.6 is 0 Å². The predicted octanol–water partition coefficient (Wildman–Crippen LogP) is 1.42. The topological polar surface area (TPSA) is 73.7 Å². The molecule has 0 aromatic carbocycles. The summed E-state index contributed by atoms with van der Waals surface area (Å²) in [5, 5.41) is 4.29. The Morgan fingerprint density at radius 3 is 2.50 bits per heavy atom. The normalized spacial score (nSPS) is 26.8. The van der Waals surface area contributed by atoms with Gasteiger partial charge in [-0.05, 0) is 33.6 Å². The van der Waals surface area contributed by atoms with E-state index in [1.807, 2.05) is 20.8 Å². The van der Waals surface area contributed by atoms with Crippen LogP contribution in [0.2, 0.25) is 0 Å². The summed E-state index contributed by atoms with van der Waals surface area (Å²) in [4.78, 5) is 0. The maximum Gasteiger partial charge on any atom is 0.261 e. The fraction of sp³-hybridized carbons (Fsp3) is 0.786. The second kappa shape index (κ2) is 5.30. The lowest BCUT2D eigenvalue weighted by molar-refractivity contribution is -0.0464. The fourth-order valence-electron chi connectivity index (χ4n) is 3.50. The van der Waals surface area contributed by atoms with E-state index in [-0.39, 0.29) is 11.1 Å². The zero-order valence-corrected chi connectivity index (χ0v) is 14.3. The zero-order valence-electron chi connectivity index (χ0n) is 13.4. The Hall–Kier alpha value is -0.960. The number of aryl methyl sites for hydroxylation is 1. The van der Waals surface area contributed by atoms with Crippen molar-refractivity contribution in [1.29, 1.82) is 0 Å². The van der Waals surface area contributed by atoms with Gasteiger partial charge in [-0.25, -0.2) is 8.42 Å². The molecule has 1 aromatic heterocycles. The van der Waals surface area contributed by atoms with E-state index >= 15 is 0 Å². The molecule has 124 valence electrons. The molecule has 7 nitrogen and oxygen atoms in total. The van der Waals surface area contributed by atoms with E-state index in [1.54, 1.807) is 11.4 Å². The number of sulfonamides is 1. The summed E-state index contributed by atoms with van der Waals surface area (Å²) in [5.74, 6) is 0. The highest BCUT2D eigenvalue weighted by atomic mass is 32.2. The van der Waals surface area contributed by atoms with Crippen molar-refractivity contribution >= 4 is 10.0 Å². The quantitative estimate of drug-likeness (QED) is 0.838. The van der Waals surface area contributed by atoms with Crippen LogP contribution < -0.4 is 0 Å². The molecule has 8 heteroatoms. The molecule has 0 aliphatic carbocycles. The molecule has 0 N–H and O–H groups in total. The summed E-state index contributed by atoms with van der Waals surface area (Å²) in [7, 11) is -2.04. The summed E-state index contributed by atoms with van der Waals surface area (Å²) >= 11 is 0. The third-order valence-corrected chi connectivity index (χ3v) is 6.82. The molecule has 2 fully saturated rings. The van der Waals surface area contributed by atoms with Gasteiger partial charge in [0.2, 0.25) is 0 Å². The van der Waals surface area contributed by atoms with Gasteiger partial charge in [-0.3, -0.25) is 4.68 Å². The highest BCUT2D eigenvalue weighted by molar-refractivity contribution is 7.89. The number of ether oxygens (including phenoxy) is 2. The van der Waals surface area contributed by atoms with Gasteiger partial charge in [-0.15, -0.1) is 0 Å². The van der Waals surface area contributed by atoms with Crippen molar-refractivity contribution in [2.75, 3.05) is 13.2 Å². The van der Waals surface area contributed by atoms with Crippen molar-refractivity contribution in [2.45, 2.75) is 56.5 Å². The molecule has 1 atom stereocenters. The van der Waals surface area contributed by atoms with E-state index in [2.05, 4.69) is 5.10 Å². The minimum absolute atomic E-state index is 0.0341. The van der Waals surface area contributed by atoms with Crippen molar-refractivity contribution < 1.29 is 17.9 Å². The summed E-state index contributed by atoms with van der Waals surface area (Å²) in [6.45, 7) is 6.81. The highest BCUT2D eigenvalue weighted by Crippen LogP contribution is 2.40. The summed E-state index contributed by atoms with van der Waals surface area (Å²) in [5.41, 5.74) is 0.0758. The number of aromatic nitrogens is 2. The van der Waals surface area contributed by atoms with Crippen molar-refractivity contribution in [3.8, 4) is 0 Å². The molecule has 2 aliphatic heterocycles. The summed E-state index contributed by atoms with van der Waals surface area (Å²) in [6, 6.07) is -0.0341. The van der Waals surface area contributed by atoms with Crippen LogP contribution in [-0.4, -0.2) is 47.3 Å². The zero-order chi connectivity index (χ0) is 16.1. The van der Waals surface area contributed by atoms with Gasteiger partial charge in [0.25, 0.3) is 10.0 Å². The van der Waals surface area contributed by atoms with Gasteiger partial charge in [0.15, 0.2) is 11.3 Å². The third-order valence-electron chi connectivity index (χ3n) is 4.46. The molecular formula is C14H23N3O4S. The Morgan fingerprint density at radius 2 is 1.95 bits per heavy atom. The standard InChI is InChI=1S/C14H23N3O4S/c1-10-5-6-14(2,3)17(10)22(18,19)12-11(9-15-16(12)4)13-20-7-8-21-13/h9-10,13H,5-8H2,1-4H3. The van der Waals surface area contributed by atoms with Crippen LogP contribution in [0.15, 0.2) is 11.2 Å². The molecule has 2 saturated heterocycles. The average molecular weight is 329 g/mol. The molecule has 2 aliphatic rings. The van der Waals surface area contributed by atoms with Crippen molar-refractivity contribution in [3.05, 3.63) is 11.8 Å². The Kier molecular flexibility index (Phi) is 3.83. The predicted molar refractivity (Wildman–Crippen MR) is 79.7 cm³/mol. The van der Waals surface area contributed by atoms with E-state index in [9.17, 15) is 8.42 Å². The molecule has 3 rings (SSSR count). The van der Waals surface area contributed by atoms with Crippen molar-refractivity contribution in [3.63, 3.8) is 0 Å². The van der Waals surface area contributed by atoms with E-state index in [0.717, 1.165) is 12.8 Å². The van der Waals surface area contributed by atoms with E-state index in [0.29, 0.717) is 18.8 Å². The number of rotatable bonds is 3. The van der Waals surface area contributed by atoms with E-state index in [1.165, 1.54) is 10.9 Å². The first kappa shape index (κ1) is 15.9. The van der Waals surface area contributed by atoms with Gasteiger partial charge in [-0.2, -0.15) is 9.40 Å². The van der Waals surface area contributed by atoms with E-state index < -0.39 is 21.9 Å². The second-order valence-corrected chi connectivity index (χ2v) is 8.33. The van der Waals surface area contributed by atoms with Crippen LogP contribution in [0.4, 0.5) is 0 Å². The van der Waals surface area contributed by atoms with Crippen LogP contribution in [0, 0.1) is 0 Å². The second-order valence-electron chi connectivity index (χ2n) is 6.60. The molecule has 0 spiro atoms. The molecule has 0 bridgehead atoms. The van der Waals surface area contributed by atoms with Crippen LogP contribution in [0.5, 0.6) is 0 Å². The monoisotopic (exact) mass is 329 g/mol. The lowest BCUT2D eigenvalue weighted by Crippen LogP contribution is -2.46. The largest absolute Gasteiger partial charge is 0.346 e. The van der Waals surface area contributed by atoms with Gasteiger partial charge in [0, 0.05) is 18.6 Å². The minimum Gasteiger partial charge on any atom is -0.346 e. The SMILES string of the molecule is CC1CCC(C)(C)N1S(=O)(=O)c1c(C2OCCO2)cnn1C. The molecule has 0 radical (unpaired) electrons. The molecule has 0 amide bonds. The smallest absolute Gasteiger partial charge is 0.261 e. The summed E-state index contributed by atoms with van der Waals surface area (Å²) < 4.78 is 40.5. The van der Waals surface area contributed by atoms with Gasteiger partial charge in [-0.1, -0.05) is 0 Å². The molecule has 1 aromatic rings. The van der Waals surface area contributed by atoms with Crippen molar-refractivity contribution in [1.82, 2.24) is 14.1 Å². The van der Waals surface area contributed by atoms with Crippen LogP contribution in [0.1, 0.15) is 45.5 Å². The van der Waals surface area contributed by atoms with Crippen molar-refractivity contribution in [2.24, 2.45) is 7.05 Å². The van der Waals surface area contributed by atoms with Crippen LogP contribution in [0.3, 0.4) is 0 Å². The molecule has 3 heterocycles. The number of hydrogen-bond donors (Lipinski definition) is 0. The minimum atomic E-state index is -3.68. The molecular weight excluding hydrogens is 306 g/mol. The van der Waals surface area contributed by atoms with Gasteiger partial charge >= 0.3 is 0 Å². The Morgan fingerprint density at radius 1 is 1.32 bits per heavy atom.